The number of H-pyrrole nitrogens is 1. The standard InChI is InChI=1S/C17H18ClN5.H4N2/c18-12-5-1-10(2-6-12)14-15-17(21-9-20-15)23-16(22-14)11-3-7-13(19)8-4-11;1-2/h1-2,5-6,9,11,13H,3-4,7-8,19H2,(H,20,21,22,23);1-2H2. The summed E-state index contributed by atoms with van der Waals surface area (Å²) >= 11 is 6.00. The topological polar surface area (TPSA) is 133 Å². The number of halogens is 1. The minimum atomic E-state index is 0.316. The van der Waals surface area contributed by atoms with E-state index in [4.69, 9.17) is 22.3 Å². The Labute approximate surface area is 151 Å². The fourth-order valence-electron chi connectivity index (χ4n) is 3.23. The van der Waals surface area contributed by atoms with Crippen LogP contribution >= 0.6 is 11.6 Å². The summed E-state index contributed by atoms with van der Waals surface area (Å²) in [6.07, 6.45) is 5.81. The SMILES string of the molecule is NC1CCC(c2nc(-c3ccc(Cl)cc3)c3[nH]cnc3n2)CC1.NN. The van der Waals surface area contributed by atoms with E-state index in [1.54, 1.807) is 6.33 Å². The van der Waals surface area contributed by atoms with Gasteiger partial charge in [0.25, 0.3) is 0 Å². The van der Waals surface area contributed by atoms with Gasteiger partial charge >= 0.3 is 0 Å². The van der Waals surface area contributed by atoms with Gasteiger partial charge in [0.05, 0.1) is 12.0 Å². The van der Waals surface area contributed by atoms with Crippen LogP contribution in [0.5, 0.6) is 0 Å². The first-order valence-electron chi connectivity index (χ1n) is 8.26. The molecule has 0 spiro atoms. The normalized spacial score (nSPS) is 20.2. The molecular weight excluding hydrogens is 338 g/mol. The lowest BCUT2D eigenvalue weighted by atomic mass is 9.86. The van der Waals surface area contributed by atoms with Crippen molar-refractivity contribution >= 4 is 22.8 Å². The summed E-state index contributed by atoms with van der Waals surface area (Å²) in [5.41, 5.74) is 9.49. The second kappa shape index (κ2) is 7.88. The average Bonchev–Trinajstić information content (AvgIpc) is 3.12. The van der Waals surface area contributed by atoms with Gasteiger partial charge in [-0.25, -0.2) is 15.0 Å². The van der Waals surface area contributed by atoms with Crippen LogP contribution in [-0.4, -0.2) is 26.0 Å². The number of nitrogens with one attached hydrogen (secondary N) is 1. The molecule has 0 atom stereocenters. The van der Waals surface area contributed by atoms with E-state index in [9.17, 15) is 0 Å². The highest BCUT2D eigenvalue weighted by molar-refractivity contribution is 6.30. The fraction of sp³-hybridized carbons (Fsp3) is 0.353. The van der Waals surface area contributed by atoms with Crippen LogP contribution in [-0.2, 0) is 0 Å². The summed E-state index contributed by atoms with van der Waals surface area (Å²) in [6.45, 7) is 0. The zero-order valence-corrected chi connectivity index (χ0v) is 14.6. The van der Waals surface area contributed by atoms with Gasteiger partial charge in [-0.2, -0.15) is 0 Å². The predicted octanol–water partition coefficient (Wildman–Crippen LogP) is 2.48. The molecular formula is C17H22ClN7. The molecule has 1 aliphatic carbocycles. The number of hydrogen-bond donors (Lipinski definition) is 4. The molecule has 1 saturated carbocycles. The van der Waals surface area contributed by atoms with Gasteiger partial charge in [0.1, 0.15) is 11.3 Å². The lowest BCUT2D eigenvalue weighted by Crippen LogP contribution is -2.26. The van der Waals surface area contributed by atoms with Crippen molar-refractivity contribution in [2.75, 3.05) is 0 Å². The smallest absolute Gasteiger partial charge is 0.181 e. The largest absolute Gasteiger partial charge is 0.341 e. The Kier molecular flexibility index (Phi) is 5.60. The molecule has 0 bridgehead atoms. The second-order valence-electron chi connectivity index (χ2n) is 6.15. The predicted molar refractivity (Wildman–Crippen MR) is 99.7 cm³/mol. The van der Waals surface area contributed by atoms with Gasteiger partial charge in [0.2, 0.25) is 0 Å². The maximum absolute atomic E-state index is 6.01. The van der Waals surface area contributed by atoms with Crippen LogP contribution in [0.4, 0.5) is 0 Å². The Morgan fingerprint density at radius 1 is 1.00 bits per heavy atom. The van der Waals surface area contributed by atoms with E-state index in [1.807, 2.05) is 24.3 Å². The molecule has 0 radical (unpaired) electrons. The maximum atomic E-state index is 6.01. The quantitative estimate of drug-likeness (QED) is 0.410. The van der Waals surface area contributed by atoms with Gasteiger partial charge in [0, 0.05) is 22.5 Å². The zero-order chi connectivity index (χ0) is 17.8. The van der Waals surface area contributed by atoms with Gasteiger partial charge in [-0.15, -0.1) is 0 Å². The number of fused-ring (bicyclic) bond motifs is 1. The van der Waals surface area contributed by atoms with E-state index >= 15 is 0 Å². The summed E-state index contributed by atoms with van der Waals surface area (Å²) in [4.78, 5) is 17.0. The summed E-state index contributed by atoms with van der Waals surface area (Å²) in [7, 11) is 0. The molecule has 4 rings (SSSR count). The van der Waals surface area contributed by atoms with Crippen LogP contribution in [0.2, 0.25) is 5.02 Å². The molecule has 0 unspecified atom stereocenters. The molecule has 1 aliphatic rings. The Hall–Kier alpha value is -2.06. The summed E-state index contributed by atoms with van der Waals surface area (Å²) in [6, 6.07) is 8.02. The summed E-state index contributed by atoms with van der Waals surface area (Å²) < 4.78 is 0. The molecule has 8 heteroatoms. The Bertz CT molecular complexity index is 823. The van der Waals surface area contributed by atoms with E-state index in [1.165, 1.54) is 0 Å². The number of hydrazine groups is 1. The van der Waals surface area contributed by atoms with Gasteiger partial charge in [0.15, 0.2) is 5.65 Å². The lowest BCUT2D eigenvalue weighted by molar-refractivity contribution is 0.385. The number of nitrogens with zero attached hydrogens (tertiary/aromatic N) is 3. The minimum absolute atomic E-state index is 0.316. The Morgan fingerprint density at radius 3 is 2.36 bits per heavy atom. The summed E-state index contributed by atoms with van der Waals surface area (Å²) in [5.74, 6) is 9.24. The van der Waals surface area contributed by atoms with E-state index in [0.29, 0.717) is 17.0 Å². The van der Waals surface area contributed by atoms with Gasteiger partial charge in [-0.3, -0.25) is 11.7 Å². The number of hydrogen-bond acceptors (Lipinski definition) is 6. The third-order valence-corrected chi connectivity index (χ3v) is 4.81. The van der Waals surface area contributed by atoms with Gasteiger partial charge in [-0.05, 0) is 37.8 Å². The third kappa shape index (κ3) is 3.80. The first kappa shape index (κ1) is 17.8. The van der Waals surface area contributed by atoms with Crippen molar-refractivity contribution in [1.29, 1.82) is 0 Å². The number of rotatable bonds is 2. The fourth-order valence-corrected chi connectivity index (χ4v) is 3.35. The molecule has 7 N–H and O–H groups in total. The Balaban J connectivity index is 0.000000880. The number of aromatic amines is 1. The van der Waals surface area contributed by atoms with E-state index in [2.05, 4.69) is 26.6 Å². The maximum Gasteiger partial charge on any atom is 0.181 e. The van der Waals surface area contributed by atoms with Crippen LogP contribution in [0.25, 0.3) is 22.4 Å². The molecule has 0 aliphatic heterocycles. The van der Waals surface area contributed by atoms with Crippen LogP contribution in [0.1, 0.15) is 37.4 Å². The third-order valence-electron chi connectivity index (χ3n) is 4.56. The van der Waals surface area contributed by atoms with E-state index in [-0.39, 0.29) is 0 Å². The van der Waals surface area contributed by atoms with Crippen molar-refractivity contribution in [2.24, 2.45) is 17.4 Å². The highest BCUT2D eigenvalue weighted by atomic mass is 35.5. The van der Waals surface area contributed by atoms with Crippen molar-refractivity contribution in [1.82, 2.24) is 19.9 Å². The lowest BCUT2D eigenvalue weighted by Gasteiger charge is -2.25. The number of nitrogens with two attached hydrogens (primary N) is 3. The number of imidazole rings is 1. The molecule has 7 nitrogen and oxygen atoms in total. The van der Waals surface area contributed by atoms with E-state index in [0.717, 1.165) is 53.9 Å². The van der Waals surface area contributed by atoms with Crippen LogP contribution in [0.3, 0.4) is 0 Å². The van der Waals surface area contributed by atoms with Crippen molar-refractivity contribution in [3.05, 3.63) is 41.4 Å². The number of aromatic nitrogens is 4. The van der Waals surface area contributed by atoms with Gasteiger partial charge in [-0.1, -0.05) is 23.7 Å². The molecule has 2 aromatic heterocycles. The van der Waals surface area contributed by atoms with Gasteiger partial charge < -0.3 is 10.7 Å². The zero-order valence-electron chi connectivity index (χ0n) is 13.8. The molecule has 1 fully saturated rings. The molecule has 0 saturated heterocycles. The molecule has 3 aromatic rings. The monoisotopic (exact) mass is 359 g/mol. The van der Waals surface area contributed by atoms with Crippen molar-refractivity contribution in [3.63, 3.8) is 0 Å². The minimum Gasteiger partial charge on any atom is -0.341 e. The summed E-state index contributed by atoms with van der Waals surface area (Å²) in [5, 5.41) is 0.713. The van der Waals surface area contributed by atoms with E-state index < -0.39 is 0 Å². The molecule has 25 heavy (non-hydrogen) atoms. The second-order valence-corrected chi connectivity index (χ2v) is 6.59. The van der Waals surface area contributed by atoms with Crippen molar-refractivity contribution in [2.45, 2.75) is 37.6 Å². The number of benzene rings is 1. The highest BCUT2D eigenvalue weighted by Crippen LogP contribution is 2.33. The van der Waals surface area contributed by atoms with Crippen LogP contribution in [0, 0.1) is 0 Å². The van der Waals surface area contributed by atoms with Crippen molar-refractivity contribution in [3.8, 4) is 11.3 Å². The first-order valence-corrected chi connectivity index (χ1v) is 8.64. The average molecular weight is 360 g/mol. The molecule has 1 aromatic carbocycles. The van der Waals surface area contributed by atoms with Crippen molar-refractivity contribution < 1.29 is 0 Å². The van der Waals surface area contributed by atoms with Crippen LogP contribution in [0.15, 0.2) is 30.6 Å². The highest BCUT2D eigenvalue weighted by Gasteiger charge is 2.24. The van der Waals surface area contributed by atoms with Crippen LogP contribution < -0.4 is 17.4 Å². The molecule has 0 amide bonds. The molecule has 132 valence electrons. The molecule has 2 heterocycles. The first-order chi connectivity index (χ1) is 12.2. The Morgan fingerprint density at radius 2 is 1.68 bits per heavy atom.